The normalized spacial score (nSPS) is 10.3. The molecule has 10 nitrogen and oxygen atoms in total. The van der Waals surface area contributed by atoms with Gasteiger partial charge in [0.25, 0.3) is 11.8 Å². The van der Waals surface area contributed by atoms with Gasteiger partial charge in [-0.3, -0.25) is 9.59 Å². The minimum absolute atomic E-state index is 0.203. The summed E-state index contributed by atoms with van der Waals surface area (Å²) in [6.45, 7) is 1.52. The zero-order valence-electron chi connectivity index (χ0n) is 18.0. The number of carbonyl (C=O) groups excluding carboxylic acids is 3. The minimum atomic E-state index is -0.509. The molecular formula is C22H25N3O7. The van der Waals surface area contributed by atoms with Crippen LogP contribution in [0.3, 0.4) is 0 Å². The number of rotatable bonds is 11. The summed E-state index contributed by atoms with van der Waals surface area (Å²) in [6, 6.07) is 11.5. The van der Waals surface area contributed by atoms with E-state index in [-0.39, 0.29) is 19.8 Å². The standard InChI is InChI=1S/C22H25N3O7/c1-4-31-21(27)14-32-17-7-5-6-15(10-17)12-24-25-20(26)13-23-22(28)16-8-9-18(29-2)19(11-16)30-3/h5-12H,4,13-14H2,1-3H3,(H,23,28)(H,25,26). The van der Waals surface area contributed by atoms with Crippen molar-refractivity contribution in [2.24, 2.45) is 5.10 Å². The number of carbonyl (C=O) groups is 3. The number of benzene rings is 2. The van der Waals surface area contributed by atoms with Gasteiger partial charge in [0.1, 0.15) is 5.75 Å². The minimum Gasteiger partial charge on any atom is -0.493 e. The van der Waals surface area contributed by atoms with Crippen LogP contribution in [0.15, 0.2) is 47.6 Å². The first-order chi connectivity index (χ1) is 15.5. The molecule has 32 heavy (non-hydrogen) atoms. The van der Waals surface area contributed by atoms with E-state index in [1.807, 2.05) is 0 Å². The zero-order valence-corrected chi connectivity index (χ0v) is 18.0. The molecule has 0 unspecified atom stereocenters. The Hall–Kier alpha value is -4.08. The fourth-order valence-corrected chi connectivity index (χ4v) is 2.49. The Morgan fingerprint density at radius 3 is 2.53 bits per heavy atom. The molecule has 2 amide bonds. The summed E-state index contributed by atoms with van der Waals surface area (Å²) in [7, 11) is 2.96. The lowest BCUT2D eigenvalue weighted by Gasteiger charge is -2.09. The first-order valence-electron chi connectivity index (χ1n) is 9.67. The van der Waals surface area contributed by atoms with Gasteiger partial charge in [0.15, 0.2) is 18.1 Å². The van der Waals surface area contributed by atoms with Gasteiger partial charge in [0.05, 0.1) is 33.6 Å². The van der Waals surface area contributed by atoms with Crippen molar-refractivity contribution in [3.63, 3.8) is 0 Å². The summed E-state index contributed by atoms with van der Waals surface area (Å²) in [5.74, 6) is -0.0695. The van der Waals surface area contributed by atoms with Gasteiger partial charge in [-0.2, -0.15) is 5.10 Å². The van der Waals surface area contributed by atoms with Gasteiger partial charge in [0.2, 0.25) is 0 Å². The Bertz CT molecular complexity index is 976. The highest BCUT2D eigenvalue weighted by Crippen LogP contribution is 2.27. The van der Waals surface area contributed by atoms with Gasteiger partial charge in [-0.05, 0) is 42.8 Å². The molecule has 170 valence electrons. The molecule has 0 atom stereocenters. The quantitative estimate of drug-likeness (QED) is 0.307. The number of hydrogen-bond donors (Lipinski definition) is 2. The monoisotopic (exact) mass is 443 g/mol. The van der Waals surface area contributed by atoms with Crippen LogP contribution in [0, 0.1) is 0 Å². The van der Waals surface area contributed by atoms with Crippen LogP contribution in [0.25, 0.3) is 0 Å². The van der Waals surface area contributed by atoms with Crippen LogP contribution < -0.4 is 25.0 Å². The van der Waals surface area contributed by atoms with Crippen LogP contribution in [-0.2, 0) is 14.3 Å². The number of hydrazone groups is 1. The van der Waals surface area contributed by atoms with E-state index in [2.05, 4.69) is 15.8 Å². The third-order valence-electron chi connectivity index (χ3n) is 3.98. The van der Waals surface area contributed by atoms with Gasteiger partial charge in [-0.15, -0.1) is 0 Å². The maximum atomic E-state index is 12.2. The smallest absolute Gasteiger partial charge is 0.344 e. The van der Waals surface area contributed by atoms with Crippen molar-refractivity contribution in [1.82, 2.24) is 10.7 Å². The lowest BCUT2D eigenvalue weighted by molar-refractivity contribution is -0.145. The summed E-state index contributed by atoms with van der Waals surface area (Å²) in [4.78, 5) is 35.5. The van der Waals surface area contributed by atoms with Crippen LogP contribution in [0.2, 0.25) is 0 Å². The van der Waals surface area contributed by atoms with Crippen molar-refractivity contribution >= 4 is 24.0 Å². The molecule has 10 heteroatoms. The summed E-state index contributed by atoms with van der Waals surface area (Å²) in [6.07, 6.45) is 1.41. The van der Waals surface area contributed by atoms with Gasteiger partial charge in [0, 0.05) is 5.56 Å². The number of ether oxygens (including phenoxy) is 4. The molecule has 0 saturated heterocycles. The molecule has 0 bridgehead atoms. The van der Waals surface area contributed by atoms with E-state index in [1.54, 1.807) is 43.3 Å². The molecule has 0 aliphatic carbocycles. The predicted octanol–water partition coefficient (Wildman–Crippen LogP) is 1.53. The molecule has 0 heterocycles. The largest absolute Gasteiger partial charge is 0.493 e. The number of hydrogen-bond acceptors (Lipinski definition) is 8. The van der Waals surface area contributed by atoms with E-state index in [0.29, 0.717) is 28.4 Å². The van der Waals surface area contributed by atoms with Crippen LogP contribution in [0.4, 0.5) is 0 Å². The van der Waals surface area contributed by atoms with Crippen molar-refractivity contribution in [1.29, 1.82) is 0 Å². The predicted molar refractivity (Wildman–Crippen MR) is 116 cm³/mol. The second kappa shape index (κ2) is 12.6. The molecule has 2 aromatic carbocycles. The van der Waals surface area contributed by atoms with Crippen molar-refractivity contribution in [3.05, 3.63) is 53.6 Å². The fraction of sp³-hybridized carbons (Fsp3) is 0.273. The number of esters is 1. The lowest BCUT2D eigenvalue weighted by Crippen LogP contribution is -2.34. The first kappa shape index (κ1) is 24.2. The van der Waals surface area contributed by atoms with Crippen molar-refractivity contribution in [2.75, 3.05) is 34.0 Å². The van der Waals surface area contributed by atoms with Gasteiger partial charge in [-0.25, -0.2) is 10.2 Å². The van der Waals surface area contributed by atoms with Crippen LogP contribution in [-0.4, -0.2) is 58.0 Å². The molecule has 0 aliphatic heterocycles. The Morgan fingerprint density at radius 2 is 1.81 bits per heavy atom. The molecule has 0 aliphatic rings. The Morgan fingerprint density at radius 1 is 1.03 bits per heavy atom. The maximum absolute atomic E-state index is 12.2. The van der Waals surface area contributed by atoms with Crippen LogP contribution in [0.1, 0.15) is 22.8 Å². The summed E-state index contributed by atoms with van der Waals surface area (Å²) < 4.78 is 20.4. The van der Waals surface area contributed by atoms with E-state index >= 15 is 0 Å². The number of amides is 2. The Labute approximate surface area is 185 Å². The third-order valence-corrected chi connectivity index (χ3v) is 3.98. The van der Waals surface area contributed by atoms with E-state index < -0.39 is 17.8 Å². The Kier molecular flexibility index (Phi) is 9.51. The molecular weight excluding hydrogens is 418 g/mol. The topological polar surface area (TPSA) is 125 Å². The van der Waals surface area contributed by atoms with Gasteiger partial charge >= 0.3 is 5.97 Å². The number of nitrogens with zero attached hydrogens (tertiary/aromatic N) is 1. The second-order valence-corrected chi connectivity index (χ2v) is 6.21. The maximum Gasteiger partial charge on any atom is 0.344 e. The van der Waals surface area contributed by atoms with Crippen molar-refractivity contribution < 1.29 is 33.3 Å². The summed E-state index contributed by atoms with van der Waals surface area (Å²) >= 11 is 0. The molecule has 2 rings (SSSR count). The highest BCUT2D eigenvalue weighted by Gasteiger charge is 2.11. The molecule has 0 saturated carbocycles. The molecule has 0 aromatic heterocycles. The van der Waals surface area contributed by atoms with Gasteiger partial charge < -0.3 is 24.3 Å². The average Bonchev–Trinajstić information content (AvgIpc) is 2.81. The van der Waals surface area contributed by atoms with Crippen molar-refractivity contribution in [3.8, 4) is 17.2 Å². The van der Waals surface area contributed by atoms with Gasteiger partial charge in [-0.1, -0.05) is 12.1 Å². The van der Waals surface area contributed by atoms with E-state index in [1.165, 1.54) is 26.5 Å². The second-order valence-electron chi connectivity index (χ2n) is 6.21. The highest BCUT2D eigenvalue weighted by molar-refractivity contribution is 5.97. The summed E-state index contributed by atoms with van der Waals surface area (Å²) in [5.41, 5.74) is 3.28. The SMILES string of the molecule is CCOC(=O)COc1cccc(C=NNC(=O)CNC(=O)c2ccc(OC)c(OC)c2)c1. The molecule has 0 fully saturated rings. The zero-order chi connectivity index (χ0) is 23.3. The lowest BCUT2D eigenvalue weighted by atomic mass is 10.2. The van der Waals surface area contributed by atoms with Crippen LogP contribution in [0.5, 0.6) is 17.2 Å². The molecule has 2 aromatic rings. The number of methoxy groups -OCH3 is 2. The Balaban J connectivity index is 1.82. The number of nitrogens with one attached hydrogen (secondary N) is 2. The average molecular weight is 443 g/mol. The van der Waals surface area contributed by atoms with Crippen molar-refractivity contribution in [2.45, 2.75) is 6.92 Å². The molecule has 2 N–H and O–H groups in total. The van der Waals surface area contributed by atoms with E-state index in [0.717, 1.165) is 0 Å². The molecule has 0 radical (unpaired) electrons. The van der Waals surface area contributed by atoms with E-state index in [9.17, 15) is 14.4 Å². The van der Waals surface area contributed by atoms with Crippen LogP contribution >= 0.6 is 0 Å². The highest BCUT2D eigenvalue weighted by atomic mass is 16.6. The third kappa shape index (κ3) is 7.63. The fourth-order valence-electron chi connectivity index (χ4n) is 2.49. The summed E-state index contributed by atoms with van der Waals surface area (Å²) in [5, 5.41) is 6.35. The first-order valence-corrected chi connectivity index (χ1v) is 9.67. The van der Waals surface area contributed by atoms with E-state index in [4.69, 9.17) is 18.9 Å². The molecule has 0 spiro atoms.